The summed E-state index contributed by atoms with van der Waals surface area (Å²) in [4.78, 5) is 2.73. The zero-order valence-electron chi connectivity index (χ0n) is 10.3. The van der Waals surface area contributed by atoms with E-state index in [2.05, 4.69) is 18.7 Å². The molecule has 1 aliphatic heterocycles. The fourth-order valence-electron chi connectivity index (χ4n) is 3.71. The van der Waals surface area contributed by atoms with Crippen molar-refractivity contribution >= 4 is 0 Å². The summed E-state index contributed by atoms with van der Waals surface area (Å²) < 4.78 is 0. The van der Waals surface area contributed by atoms with E-state index in [0.29, 0.717) is 0 Å². The minimum Gasteiger partial charge on any atom is -0.330 e. The molecule has 1 saturated heterocycles. The van der Waals surface area contributed by atoms with Gasteiger partial charge in [0.2, 0.25) is 0 Å². The average molecular weight is 210 g/mol. The van der Waals surface area contributed by atoms with Crippen LogP contribution in [0.2, 0.25) is 0 Å². The molecule has 2 rings (SSSR count). The fourth-order valence-corrected chi connectivity index (χ4v) is 3.71. The maximum absolute atomic E-state index is 5.77. The Kier molecular flexibility index (Phi) is 3.68. The van der Waals surface area contributed by atoms with Crippen LogP contribution in [0.1, 0.15) is 39.5 Å². The Bertz CT molecular complexity index is 195. The first-order chi connectivity index (χ1) is 7.22. The van der Waals surface area contributed by atoms with Crippen molar-refractivity contribution < 1.29 is 0 Å². The van der Waals surface area contributed by atoms with Crippen LogP contribution in [0, 0.1) is 17.8 Å². The molecule has 1 saturated carbocycles. The zero-order chi connectivity index (χ0) is 10.8. The van der Waals surface area contributed by atoms with Gasteiger partial charge in [-0.2, -0.15) is 0 Å². The average Bonchev–Trinajstić information content (AvgIpc) is 2.66. The highest BCUT2D eigenvalue weighted by Gasteiger charge is 2.35. The molecular formula is C13H26N2. The molecule has 0 spiro atoms. The predicted octanol–water partition coefficient (Wildman–Crippen LogP) is 2.09. The van der Waals surface area contributed by atoms with Gasteiger partial charge in [-0.3, -0.25) is 4.90 Å². The first kappa shape index (κ1) is 11.4. The van der Waals surface area contributed by atoms with Crippen LogP contribution < -0.4 is 5.73 Å². The Labute approximate surface area is 94.2 Å². The normalized spacial score (nSPS) is 43.4. The fraction of sp³-hybridized carbons (Fsp3) is 1.00. The van der Waals surface area contributed by atoms with Crippen LogP contribution in [0.4, 0.5) is 0 Å². The van der Waals surface area contributed by atoms with Gasteiger partial charge in [0.05, 0.1) is 0 Å². The smallest absolute Gasteiger partial charge is 0.0147 e. The van der Waals surface area contributed by atoms with Crippen LogP contribution in [0.15, 0.2) is 0 Å². The minimum absolute atomic E-state index is 0.770. The molecule has 0 aromatic rings. The summed E-state index contributed by atoms with van der Waals surface area (Å²) in [5.41, 5.74) is 5.77. The maximum Gasteiger partial charge on any atom is 0.0147 e. The SMILES string of the molecule is CC1CCCC(C)C1N1CCC(CN)C1. The number of hydrogen-bond donors (Lipinski definition) is 1. The van der Waals surface area contributed by atoms with E-state index in [1.54, 1.807) is 0 Å². The van der Waals surface area contributed by atoms with E-state index in [-0.39, 0.29) is 0 Å². The van der Waals surface area contributed by atoms with Crippen molar-refractivity contribution in [3.8, 4) is 0 Å². The minimum atomic E-state index is 0.770. The molecule has 0 aromatic carbocycles. The first-order valence-corrected chi connectivity index (χ1v) is 6.66. The van der Waals surface area contributed by atoms with Crippen LogP contribution in [0.5, 0.6) is 0 Å². The second kappa shape index (κ2) is 4.84. The first-order valence-electron chi connectivity index (χ1n) is 6.66. The van der Waals surface area contributed by atoms with Gasteiger partial charge in [-0.1, -0.05) is 20.3 Å². The standard InChI is InChI=1S/C13H26N2/c1-10-4-3-5-11(2)13(10)15-7-6-12(8-14)9-15/h10-13H,3-9,14H2,1-2H3. The number of likely N-dealkylation sites (tertiary alicyclic amines) is 1. The Morgan fingerprint density at radius 2 is 1.80 bits per heavy atom. The molecule has 2 aliphatic rings. The maximum atomic E-state index is 5.77. The van der Waals surface area contributed by atoms with Crippen molar-refractivity contribution in [1.29, 1.82) is 0 Å². The topological polar surface area (TPSA) is 29.3 Å². The molecular weight excluding hydrogens is 184 g/mol. The van der Waals surface area contributed by atoms with Gasteiger partial charge >= 0.3 is 0 Å². The summed E-state index contributed by atoms with van der Waals surface area (Å²) in [6.07, 6.45) is 5.62. The molecule has 15 heavy (non-hydrogen) atoms. The highest BCUT2D eigenvalue weighted by atomic mass is 15.2. The quantitative estimate of drug-likeness (QED) is 0.756. The lowest BCUT2D eigenvalue weighted by molar-refractivity contribution is 0.0870. The van der Waals surface area contributed by atoms with Gasteiger partial charge in [0.15, 0.2) is 0 Å². The molecule has 3 atom stereocenters. The number of nitrogens with two attached hydrogens (primary N) is 1. The van der Waals surface area contributed by atoms with Gasteiger partial charge in [-0.05, 0) is 50.1 Å². The predicted molar refractivity (Wildman–Crippen MR) is 64.7 cm³/mol. The molecule has 2 heteroatoms. The highest BCUT2D eigenvalue weighted by Crippen LogP contribution is 2.35. The molecule has 3 unspecified atom stereocenters. The summed E-state index contributed by atoms with van der Waals surface area (Å²) in [7, 11) is 0. The van der Waals surface area contributed by atoms with Gasteiger partial charge in [-0.15, -0.1) is 0 Å². The second-order valence-electron chi connectivity index (χ2n) is 5.76. The molecule has 88 valence electrons. The molecule has 1 heterocycles. The van der Waals surface area contributed by atoms with E-state index < -0.39 is 0 Å². The van der Waals surface area contributed by atoms with E-state index in [4.69, 9.17) is 5.73 Å². The third kappa shape index (κ3) is 2.36. The molecule has 2 N–H and O–H groups in total. The van der Waals surface area contributed by atoms with Gasteiger partial charge < -0.3 is 5.73 Å². The summed E-state index contributed by atoms with van der Waals surface area (Å²) >= 11 is 0. The molecule has 2 fully saturated rings. The van der Waals surface area contributed by atoms with E-state index in [1.165, 1.54) is 38.8 Å². The Morgan fingerprint density at radius 3 is 2.33 bits per heavy atom. The van der Waals surface area contributed by atoms with Crippen LogP contribution in [-0.2, 0) is 0 Å². The van der Waals surface area contributed by atoms with E-state index in [1.807, 2.05) is 0 Å². The van der Waals surface area contributed by atoms with Crippen molar-refractivity contribution in [2.45, 2.75) is 45.6 Å². The molecule has 0 bridgehead atoms. The largest absolute Gasteiger partial charge is 0.330 e. The van der Waals surface area contributed by atoms with Crippen molar-refractivity contribution in [2.75, 3.05) is 19.6 Å². The second-order valence-corrected chi connectivity index (χ2v) is 5.76. The Hall–Kier alpha value is -0.0800. The van der Waals surface area contributed by atoms with Crippen molar-refractivity contribution in [1.82, 2.24) is 4.90 Å². The van der Waals surface area contributed by atoms with E-state index in [0.717, 1.165) is 30.3 Å². The number of hydrogen-bond acceptors (Lipinski definition) is 2. The van der Waals surface area contributed by atoms with E-state index in [9.17, 15) is 0 Å². The van der Waals surface area contributed by atoms with Crippen molar-refractivity contribution in [3.63, 3.8) is 0 Å². The Morgan fingerprint density at radius 1 is 1.13 bits per heavy atom. The number of nitrogens with zero attached hydrogens (tertiary/aromatic N) is 1. The molecule has 0 radical (unpaired) electrons. The van der Waals surface area contributed by atoms with Gasteiger partial charge in [0.1, 0.15) is 0 Å². The summed E-state index contributed by atoms with van der Waals surface area (Å²) in [5, 5.41) is 0. The lowest BCUT2D eigenvalue weighted by Gasteiger charge is -2.41. The lowest BCUT2D eigenvalue weighted by Crippen LogP contribution is -2.45. The van der Waals surface area contributed by atoms with Crippen LogP contribution in [-0.4, -0.2) is 30.6 Å². The van der Waals surface area contributed by atoms with Gasteiger partial charge in [0, 0.05) is 12.6 Å². The van der Waals surface area contributed by atoms with Crippen LogP contribution in [0.3, 0.4) is 0 Å². The summed E-state index contributed by atoms with van der Waals surface area (Å²) in [6, 6.07) is 0.843. The van der Waals surface area contributed by atoms with E-state index >= 15 is 0 Å². The molecule has 1 aliphatic carbocycles. The third-order valence-electron chi connectivity index (χ3n) is 4.56. The van der Waals surface area contributed by atoms with Crippen LogP contribution >= 0.6 is 0 Å². The molecule has 0 amide bonds. The van der Waals surface area contributed by atoms with Gasteiger partial charge in [-0.25, -0.2) is 0 Å². The summed E-state index contributed by atoms with van der Waals surface area (Å²) in [6.45, 7) is 8.31. The number of rotatable bonds is 2. The third-order valence-corrected chi connectivity index (χ3v) is 4.56. The summed E-state index contributed by atoms with van der Waals surface area (Å²) in [5.74, 6) is 2.56. The monoisotopic (exact) mass is 210 g/mol. The lowest BCUT2D eigenvalue weighted by atomic mass is 9.78. The zero-order valence-corrected chi connectivity index (χ0v) is 10.3. The van der Waals surface area contributed by atoms with Gasteiger partial charge in [0.25, 0.3) is 0 Å². The molecule has 0 aromatic heterocycles. The Balaban J connectivity index is 1.96. The van der Waals surface area contributed by atoms with Crippen LogP contribution in [0.25, 0.3) is 0 Å². The van der Waals surface area contributed by atoms with Crippen molar-refractivity contribution in [3.05, 3.63) is 0 Å². The van der Waals surface area contributed by atoms with Crippen molar-refractivity contribution in [2.24, 2.45) is 23.5 Å². The molecule has 2 nitrogen and oxygen atoms in total. The highest BCUT2D eigenvalue weighted by molar-refractivity contribution is 4.89.